The van der Waals surface area contributed by atoms with Crippen molar-refractivity contribution >= 4 is 23.4 Å². The third-order valence-electron chi connectivity index (χ3n) is 3.62. The van der Waals surface area contributed by atoms with Crippen LogP contribution in [0.4, 0.5) is 5.69 Å². The van der Waals surface area contributed by atoms with Gasteiger partial charge in [0.25, 0.3) is 11.6 Å². The Morgan fingerprint density at radius 3 is 2.19 bits per heavy atom. The molecular weight excluding hydrogens is 352 g/mol. The monoisotopic (exact) mass is 370 g/mol. The Labute approximate surface area is 154 Å². The van der Waals surface area contributed by atoms with Crippen molar-refractivity contribution in [3.8, 4) is 0 Å². The lowest BCUT2D eigenvalue weighted by Gasteiger charge is -2.18. The summed E-state index contributed by atoms with van der Waals surface area (Å²) in [4.78, 5) is 45.5. The van der Waals surface area contributed by atoms with Crippen molar-refractivity contribution < 1.29 is 19.3 Å². The van der Waals surface area contributed by atoms with Crippen LogP contribution in [-0.2, 0) is 9.59 Å². The molecule has 0 aromatic heterocycles. The Morgan fingerprint density at radius 2 is 1.63 bits per heavy atom. The highest BCUT2D eigenvalue weighted by Gasteiger charge is 2.17. The fraction of sp³-hybridized carbons (Fsp3) is 0.167. The number of nitro groups is 1. The molecule has 0 fully saturated rings. The largest absolute Gasteiger partial charge is 0.349 e. The van der Waals surface area contributed by atoms with Crippen molar-refractivity contribution in [2.45, 2.75) is 19.4 Å². The maximum atomic E-state index is 12.1. The van der Waals surface area contributed by atoms with Gasteiger partial charge in [-0.05, 0) is 17.7 Å². The number of hydrazine groups is 1. The highest BCUT2D eigenvalue weighted by Crippen LogP contribution is 2.16. The molecule has 140 valence electrons. The molecule has 3 N–H and O–H groups in total. The van der Waals surface area contributed by atoms with Crippen LogP contribution in [0.3, 0.4) is 0 Å². The fourth-order valence-electron chi connectivity index (χ4n) is 2.35. The second-order valence-electron chi connectivity index (χ2n) is 5.67. The number of nitro benzene ring substituents is 1. The number of nitrogens with zero attached hydrogens (tertiary/aromatic N) is 1. The summed E-state index contributed by atoms with van der Waals surface area (Å²) in [6.07, 6.45) is -0.0792. The normalized spacial score (nSPS) is 11.1. The maximum Gasteiger partial charge on any atom is 0.269 e. The Kier molecular flexibility index (Phi) is 6.59. The number of carbonyl (C=O) groups excluding carboxylic acids is 3. The van der Waals surface area contributed by atoms with Crippen molar-refractivity contribution in [3.63, 3.8) is 0 Å². The van der Waals surface area contributed by atoms with E-state index in [0.29, 0.717) is 0 Å². The lowest BCUT2D eigenvalue weighted by Crippen LogP contribution is -2.43. The predicted molar refractivity (Wildman–Crippen MR) is 96.3 cm³/mol. The Balaban J connectivity index is 1.94. The summed E-state index contributed by atoms with van der Waals surface area (Å²) in [7, 11) is 0. The number of non-ortho nitro benzene ring substituents is 1. The minimum absolute atomic E-state index is 0.0792. The molecule has 0 bridgehead atoms. The number of benzene rings is 2. The van der Waals surface area contributed by atoms with Gasteiger partial charge in [-0.3, -0.25) is 35.3 Å². The molecule has 2 rings (SSSR count). The van der Waals surface area contributed by atoms with Gasteiger partial charge in [-0.1, -0.05) is 30.3 Å². The van der Waals surface area contributed by atoms with Crippen LogP contribution in [0, 0.1) is 10.1 Å². The van der Waals surface area contributed by atoms with Gasteiger partial charge >= 0.3 is 0 Å². The first kappa shape index (κ1) is 19.6. The molecule has 9 nitrogen and oxygen atoms in total. The van der Waals surface area contributed by atoms with E-state index in [1.165, 1.54) is 31.2 Å². The molecule has 2 aromatic rings. The zero-order chi connectivity index (χ0) is 19.8. The summed E-state index contributed by atoms with van der Waals surface area (Å²) in [5.74, 6) is -1.41. The van der Waals surface area contributed by atoms with Crippen molar-refractivity contribution in [2.75, 3.05) is 0 Å². The molecule has 0 heterocycles. The van der Waals surface area contributed by atoms with Crippen LogP contribution >= 0.6 is 0 Å². The minimum Gasteiger partial charge on any atom is -0.349 e. The summed E-state index contributed by atoms with van der Waals surface area (Å²) in [6, 6.07) is 13.4. The van der Waals surface area contributed by atoms with Crippen LogP contribution in [0.15, 0.2) is 54.6 Å². The zero-order valence-corrected chi connectivity index (χ0v) is 14.5. The average molecular weight is 370 g/mol. The summed E-state index contributed by atoms with van der Waals surface area (Å²) >= 11 is 0. The Bertz CT molecular complexity index is 837. The van der Waals surface area contributed by atoms with E-state index in [1.54, 1.807) is 24.3 Å². The van der Waals surface area contributed by atoms with Crippen LogP contribution in [0.1, 0.15) is 35.3 Å². The third-order valence-corrected chi connectivity index (χ3v) is 3.62. The molecule has 9 heteroatoms. The lowest BCUT2D eigenvalue weighted by atomic mass is 10.0. The SMILES string of the molecule is CC(=O)N[C@H](CC(=O)NNC(=O)c1ccc([N+](=O)[O-])cc1)c1ccccc1. The topological polar surface area (TPSA) is 130 Å². The van der Waals surface area contributed by atoms with E-state index in [0.717, 1.165) is 5.56 Å². The number of carbonyl (C=O) groups is 3. The van der Waals surface area contributed by atoms with Gasteiger partial charge in [0.15, 0.2) is 0 Å². The van der Waals surface area contributed by atoms with Crippen molar-refractivity contribution in [1.82, 2.24) is 16.2 Å². The molecule has 0 unspecified atom stereocenters. The first-order chi connectivity index (χ1) is 12.9. The molecule has 0 aliphatic heterocycles. The van der Waals surface area contributed by atoms with Gasteiger partial charge in [0.05, 0.1) is 17.4 Å². The number of hydrogen-bond donors (Lipinski definition) is 3. The van der Waals surface area contributed by atoms with E-state index in [-0.39, 0.29) is 23.6 Å². The fourth-order valence-corrected chi connectivity index (χ4v) is 2.35. The molecule has 0 aliphatic carbocycles. The van der Waals surface area contributed by atoms with Crippen molar-refractivity contribution in [3.05, 3.63) is 75.8 Å². The number of rotatable bonds is 6. The molecular formula is C18H18N4O5. The molecule has 1 atom stereocenters. The van der Waals surface area contributed by atoms with E-state index in [4.69, 9.17) is 0 Å². The second kappa shape index (κ2) is 9.09. The van der Waals surface area contributed by atoms with Crippen LogP contribution in [0.25, 0.3) is 0 Å². The average Bonchev–Trinajstić information content (AvgIpc) is 2.66. The van der Waals surface area contributed by atoms with E-state index >= 15 is 0 Å². The highest BCUT2D eigenvalue weighted by atomic mass is 16.6. The molecule has 0 saturated heterocycles. The standard InChI is InChI=1S/C18H18N4O5/c1-12(23)19-16(13-5-3-2-4-6-13)11-17(24)20-21-18(25)14-7-9-15(10-8-14)22(26)27/h2-10,16H,11H2,1H3,(H,19,23)(H,20,24)(H,21,25)/t16-/m1/s1. The van der Waals surface area contributed by atoms with E-state index < -0.39 is 22.8 Å². The first-order valence-corrected chi connectivity index (χ1v) is 8.02. The van der Waals surface area contributed by atoms with E-state index in [2.05, 4.69) is 16.2 Å². The van der Waals surface area contributed by atoms with Gasteiger partial charge in [-0.25, -0.2) is 0 Å². The van der Waals surface area contributed by atoms with Crippen molar-refractivity contribution in [1.29, 1.82) is 0 Å². The lowest BCUT2D eigenvalue weighted by molar-refractivity contribution is -0.384. The van der Waals surface area contributed by atoms with E-state index in [1.807, 2.05) is 6.07 Å². The molecule has 27 heavy (non-hydrogen) atoms. The van der Waals surface area contributed by atoms with Crippen LogP contribution in [0.5, 0.6) is 0 Å². The molecule has 2 aromatic carbocycles. The van der Waals surface area contributed by atoms with Gasteiger partial charge < -0.3 is 5.32 Å². The first-order valence-electron chi connectivity index (χ1n) is 8.02. The summed E-state index contributed by atoms with van der Waals surface area (Å²) in [5.41, 5.74) is 5.27. The molecule has 0 aliphatic rings. The van der Waals surface area contributed by atoms with Gasteiger partial charge in [0.1, 0.15) is 0 Å². The Morgan fingerprint density at radius 1 is 1.00 bits per heavy atom. The summed E-state index contributed by atoms with van der Waals surface area (Å²) in [6.45, 7) is 1.35. The third kappa shape index (κ3) is 5.92. The number of hydrogen-bond acceptors (Lipinski definition) is 5. The van der Waals surface area contributed by atoms with Crippen LogP contribution < -0.4 is 16.2 Å². The molecule has 3 amide bonds. The Hall–Kier alpha value is -3.75. The second-order valence-corrected chi connectivity index (χ2v) is 5.67. The summed E-state index contributed by atoms with van der Waals surface area (Å²) in [5, 5.41) is 13.3. The van der Waals surface area contributed by atoms with Gasteiger partial charge in [0.2, 0.25) is 11.8 Å². The summed E-state index contributed by atoms with van der Waals surface area (Å²) < 4.78 is 0. The van der Waals surface area contributed by atoms with Gasteiger partial charge in [-0.15, -0.1) is 0 Å². The van der Waals surface area contributed by atoms with E-state index in [9.17, 15) is 24.5 Å². The van der Waals surface area contributed by atoms with Crippen LogP contribution in [0.2, 0.25) is 0 Å². The van der Waals surface area contributed by atoms with Gasteiger partial charge in [0, 0.05) is 24.6 Å². The van der Waals surface area contributed by atoms with Gasteiger partial charge in [-0.2, -0.15) is 0 Å². The highest BCUT2D eigenvalue weighted by molar-refractivity contribution is 5.95. The maximum absolute atomic E-state index is 12.1. The zero-order valence-electron chi connectivity index (χ0n) is 14.5. The minimum atomic E-state index is -0.617. The van der Waals surface area contributed by atoms with Crippen molar-refractivity contribution in [2.24, 2.45) is 0 Å². The smallest absolute Gasteiger partial charge is 0.269 e. The molecule has 0 saturated carbocycles. The predicted octanol–water partition coefficient (Wildman–Crippen LogP) is 1.62. The number of nitrogens with one attached hydrogen (secondary N) is 3. The molecule has 0 radical (unpaired) electrons. The van der Waals surface area contributed by atoms with Crippen LogP contribution in [-0.4, -0.2) is 22.6 Å². The number of amides is 3. The molecule has 0 spiro atoms. The quantitative estimate of drug-likeness (QED) is 0.525.